The average molecular weight is 857 g/mol. The predicted octanol–water partition coefficient (Wildman–Crippen LogP) is 7.59. The van der Waals surface area contributed by atoms with Crippen LogP contribution in [0.1, 0.15) is 114 Å². The maximum atomic E-state index is 10.5. The zero-order valence-corrected chi connectivity index (χ0v) is 37.2. The van der Waals surface area contributed by atoms with Crippen LogP contribution in [0.25, 0.3) is 0 Å². The third kappa shape index (κ3) is 14.0. The van der Waals surface area contributed by atoms with Gasteiger partial charge in [0, 0.05) is 38.6 Å². The van der Waals surface area contributed by atoms with E-state index < -0.39 is 12.6 Å². The standard InChI is InChI=1S/C23H37BO5P2.C23H34O5/c25-22-14-19-18(21(29-24(30)31)15-20(19)28-22)12-11-17(27-23-8-4-5-13-26-23)10-9-16-6-2-1-3-7-16;24-20-15-21-19(14-22(25)28-21)18(20)12-11-17(27-23-8-4-5-13-26-23)10-9-16-6-2-1-3-7-16/h1-3,6-7,17-23,25H,4-5,8-15,30-31H2;1-3,6-7,17-25H,4-5,8-15H2/t17-,18+,19+,20-,21+,22?,23?;17-,18+,19+,20+,21-,22?,23?/m00/s1. The molecule has 4 aliphatic heterocycles. The van der Waals surface area contributed by atoms with Gasteiger partial charge in [-0.05, 0) is 131 Å². The summed E-state index contributed by atoms with van der Waals surface area (Å²) in [5.74, 6) is 1.22. The molecule has 2 aliphatic carbocycles. The van der Waals surface area contributed by atoms with Crippen molar-refractivity contribution in [3.05, 3.63) is 71.8 Å². The Bertz CT molecular complexity index is 1470. The molecule has 328 valence electrons. The molecule has 0 amide bonds. The number of benzene rings is 2. The van der Waals surface area contributed by atoms with Crippen molar-refractivity contribution in [3.63, 3.8) is 0 Å². The number of ether oxygens (including phenoxy) is 6. The highest BCUT2D eigenvalue weighted by Crippen LogP contribution is 2.47. The summed E-state index contributed by atoms with van der Waals surface area (Å²) in [4.78, 5) is 0. The fourth-order valence-corrected chi connectivity index (χ4v) is 11.1. The Balaban J connectivity index is 0.000000180. The molecule has 13 heteroatoms. The molecule has 8 rings (SSSR count). The van der Waals surface area contributed by atoms with Crippen LogP contribution in [0.15, 0.2) is 60.7 Å². The Morgan fingerprint density at radius 1 is 0.610 bits per heavy atom. The zero-order chi connectivity index (χ0) is 41.0. The van der Waals surface area contributed by atoms with Crippen LogP contribution < -0.4 is 0 Å². The number of rotatable bonds is 18. The molecular formula is C46H71BO10P2. The summed E-state index contributed by atoms with van der Waals surface area (Å²) in [6.07, 6.45) is 16.1. The van der Waals surface area contributed by atoms with E-state index in [2.05, 4.69) is 72.8 Å². The van der Waals surface area contributed by atoms with Gasteiger partial charge >= 0.3 is 6.35 Å². The van der Waals surface area contributed by atoms with E-state index in [1.54, 1.807) is 0 Å². The Hall–Kier alpha value is -1.04. The van der Waals surface area contributed by atoms with Crippen LogP contribution >= 0.6 is 18.2 Å². The minimum Gasteiger partial charge on any atom is -0.425 e. The smallest absolute Gasteiger partial charge is 0.336 e. The van der Waals surface area contributed by atoms with E-state index in [0.29, 0.717) is 24.7 Å². The van der Waals surface area contributed by atoms with Crippen molar-refractivity contribution >= 4 is 24.6 Å². The lowest BCUT2D eigenvalue weighted by Crippen LogP contribution is -2.31. The summed E-state index contributed by atoms with van der Waals surface area (Å²) >= 11 is 0. The van der Waals surface area contributed by atoms with Crippen LogP contribution in [-0.2, 0) is 45.9 Å². The van der Waals surface area contributed by atoms with Gasteiger partial charge in [-0.3, -0.25) is 0 Å². The molecule has 4 heterocycles. The SMILES string of the molecule is OC1C[C@@H]2[C@@H](CC[C@H](CCc3ccccc3)OC3CCCCO3)[C@H](O)C[C@@H]2O1.OC1C[C@@H]2[C@@H](CC[C@H](CCc3ccccc3)OC3CCCCO3)[C@H](OB(P)P)C[C@@H]2O1. The normalized spacial score (nSPS) is 35.1. The minimum atomic E-state index is -0.661. The van der Waals surface area contributed by atoms with E-state index >= 15 is 0 Å². The lowest BCUT2D eigenvalue weighted by molar-refractivity contribution is -0.191. The Labute approximate surface area is 357 Å². The zero-order valence-electron chi connectivity index (χ0n) is 34.9. The second kappa shape index (κ2) is 23.6. The van der Waals surface area contributed by atoms with Crippen molar-refractivity contribution in [3.8, 4) is 0 Å². The molecule has 10 nitrogen and oxygen atoms in total. The first-order valence-electron chi connectivity index (χ1n) is 22.9. The number of hydrogen-bond donors (Lipinski definition) is 3. The first-order valence-corrected chi connectivity index (χ1v) is 24.2. The third-order valence-electron chi connectivity index (χ3n) is 13.7. The van der Waals surface area contributed by atoms with Crippen molar-refractivity contribution in [2.45, 2.75) is 177 Å². The Kier molecular flexibility index (Phi) is 18.4. The van der Waals surface area contributed by atoms with E-state index in [0.717, 1.165) is 110 Å². The summed E-state index contributed by atoms with van der Waals surface area (Å²) < 4.78 is 42.1. The van der Waals surface area contributed by atoms with Crippen molar-refractivity contribution in [2.24, 2.45) is 23.7 Å². The van der Waals surface area contributed by atoms with E-state index in [-0.39, 0.29) is 67.4 Å². The molecule has 16 atom stereocenters. The highest BCUT2D eigenvalue weighted by Gasteiger charge is 2.50. The van der Waals surface area contributed by atoms with Crippen LogP contribution in [0.2, 0.25) is 0 Å². The molecule has 59 heavy (non-hydrogen) atoms. The molecular weight excluding hydrogens is 785 g/mol. The van der Waals surface area contributed by atoms with Crippen LogP contribution in [0.5, 0.6) is 0 Å². The topological polar surface area (TPSA) is 125 Å². The lowest BCUT2D eigenvalue weighted by Gasteiger charge is -2.30. The maximum Gasteiger partial charge on any atom is 0.336 e. The van der Waals surface area contributed by atoms with Crippen molar-refractivity contribution in [1.29, 1.82) is 0 Å². The highest BCUT2D eigenvalue weighted by molar-refractivity contribution is 7.92. The van der Waals surface area contributed by atoms with Gasteiger partial charge in [-0.1, -0.05) is 60.7 Å². The molecule has 0 bridgehead atoms. The van der Waals surface area contributed by atoms with Crippen molar-refractivity contribution in [2.75, 3.05) is 13.2 Å². The van der Waals surface area contributed by atoms with Gasteiger partial charge < -0.3 is 48.4 Å². The molecule has 2 saturated carbocycles. The first-order chi connectivity index (χ1) is 28.8. The van der Waals surface area contributed by atoms with Gasteiger partial charge in [0.15, 0.2) is 25.2 Å². The summed E-state index contributed by atoms with van der Waals surface area (Å²) in [6.45, 7) is 1.59. The molecule has 6 unspecified atom stereocenters. The molecule has 2 aromatic rings. The van der Waals surface area contributed by atoms with Crippen LogP contribution in [-0.4, -0.2) is 96.7 Å². The summed E-state index contributed by atoms with van der Waals surface area (Å²) in [5.41, 5.74) is 2.68. The molecule has 0 radical (unpaired) electrons. The largest absolute Gasteiger partial charge is 0.425 e. The summed E-state index contributed by atoms with van der Waals surface area (Å²) in [6, 6.07) is 21.2. The molecule has 6 fully saturated rings. The van der Waals surface area contributed by atoms with Crippen molar-refractivity contribution < 1.29 is 48.4 Å². The first kappa shape index (κ1) is 46.0. The second-order valence-corrected chi connectivity index (χ2v) is 20.0. The number of fused-ring (bicyclic) bond motifs is 2. The van der Waals surface area contributed by atoms with E-state index in [1.165, 1.54) is 17.5 Å². The van der Waals surface area contributed by atoms with Crippen LogP contribution in [0.4, 0.5) is 0 Å². The van der Waals surface area contributed by atoms with Gasteiger partial charge in [-0.25, -0.2) is 0 Å². The molecule has 2 aromatic carbocycles. The van der Waals surface area contributed by atoms with E-state index in [9.17, 15) is 15.3 Å². The van der Waals surface area contributed by atoms with E-state index in [1.807, 2.05) is 6.07 Å². The maximum absolute atomic E-state index is 10.5. The summed E-state index contributed by atoms with van der Waals surface area (Å²) in [5, 5.41) is 30.3. The van der Waals surface area contributed by atoms with Gasteiger partial charge in [-0.2, -0.15) is 0 Å². The van der Waals surface area contributed by atoms with Gasteiger partial charge in [-0.15, -0.1) is 18.2 Å². The van der Waals surface area contributed by atoms with Crippen LogP contribution in [0.3, 0.4) is 0 Å². The fraction of sp³-hybridized carbons (Fsp3) is 0.739. The number of aliphatic hydroxyl groups is 3. The molecule has 0 spiro atoms. The molecule has 4 saturated heterocycles. The fourth-order valence-electron chi connectivity index (χ4n) is 10.7. The lowest BCUT2D eigenvalue weighted by atomic mass is 9.86. The number of aliphatic hydroxyl groups excluding tert-OH is 3. The number of aryl methyl sites for hydroxylation is 2. The van der Waals surface area contributed by atoms with Gasteiger partial charge in [0.25, 0.3) is 0 Å². The van der Waals surface area contributed by atoms with Gasteiger partial charge in [0.2, 0.25) is 0 Å². The van der Waals surface area contributed by atoms with Gasteiger partial charge in [0.05, 0.1) is 30.5 Å². The average Bonchev–Trinajstić information content (AvgIpc) is 3.96. The highest BCUT2D eigenvalue weighted by atomic mass is 31.1. The number of hydrogen-bond acceptors (Lipinski definition) is 10. The molecule has 3 N–H and O–H groups in total. The molecule has 6 aliphatic rings. The minimum absolute atomic E-state index is 0.0142. The van der Waals surface area contributed by atoms with E-state index in [4.69, 9.17) is 33.1 Å². The Morgan fingerprint density at radius 3 is 1.59 bits per heavy atom. The van der Waals surface area contributed by atoms with Crippen molar-refractivity contribution in [1.82, 2.24) is 0 Å². The Morgan fingerprint density at radius 2 is 1.10 bits per heavy atom. The van der Waals surface area contributed by atoms with Gasteiger partial charge in [0.1, 0.15) is 0 Å². The quantitative estimate of drug-likeness (QED) is 0.102. The second-order valence-electron chi connectivity index (χ2n) is 17.9. The monoisotopic (exact) mass is 856 g/mol. The summed E-state index contributed by atoms with van der Waals surface area (Å²) in [7, 11) is 5.42. The third-order valence-corrected chi connectivity index (χ3v) is 14.0. The predicted molar refractivity (Wildman–Crippen MR) is 235 cm³/mol. The van der Waals surface area contributed by atoms with Crippen LogP contribution in [0, 0.1) is 23.7 Å². The molecule has 0 aromatic heterocycles.